The Balaban J connectivity index is 1.75. The van der Waals surface area contributed by atoms with E-state index in [0.717, 1.165) is 15.8 Å². The zero-order valence-electron chi connectivity index (χ0n) is 11.0. The fourth-order valence-electron chi connectivity index (χ4n) is 1.81. The average Bonchev–Trinajstić information content (AvgIpc) is 2.99. The first-order valence-corrected chi connectivity index (χ1v) is 7.15. The topological polar surface area (TPSA) is 55.6 Å². The molecule has 0 amide bonds. The highest BCUT2D eigenvalue weighted by Crippen LogP contribution is 2.14. The third-order valence-corrected chi connectivity index (χ3v) is 3.35. The number of para-hydroxylation sites is 1. The van der Waals surface area contributed by atoms with Crippen molar-refractivity contribution in [2.45, 2.75) is 0 Å². The Labute approximate surface area is 130 Å². The van der Waals surface area contributed by atoms with E-state index in [4.69, 9.17) is 0 Å². The zero-order valence-corrected chi connectivity index (χ0v) is 12.6. The summed E-state index contributed by atoms with van der Waals surface area (Å²) in [5.74, 6) is 0.658. The third kappa shape index (κ3) is 3.35. The standard InChI is InChI=1S/C15H12BrN5/c16-12-6-8-13(9-7-12)17-11-10-15-18-19-20-21(15)14-4-2-1-3-5-14/h1-11,17H. The van der Waals surface area contributed by atoms with Crippen LogP contribution in [0.3, 0.4) is 0 Å². The van der Waals surface area contributed by atoms with Gasteiger partial charge in [-0.25, -0.2) is 0 Å². The Bertz CT molecular complexity index is 734. The van der Waals surface area contributed by atoms with Crippen molar-refractivity contribution in [1.82, 2.24) is 20.2 Å². The minimum Gasteiger partial charge on any atom is -0.362 e. The summed E-state index contributed by atoms with van der Waals surface area (Å²) in [5.41, 5.74) is 1.92. The van der Waals surface area contributed by atoms with Crippen molar-refractivity contribution in [2.75, 3.05) is 5.32 Å². The Morgan fingerprint density at radius 2 is 1.76 bits per heavy atom. The maximum Gasteiger partial charge on any atom is 0.181 e. The largest absolute Gasteiger partial charge is 0.362 e. The lowest BCUT2D eigenvalue weighted by Crippen LogP contribution is -1.99. The number of anilines is 1. The monoisotopic (exact) mass is 341 g/mol. The molecule has 2 aromatic carbocycles. The molecular weight excluding hydrogens is 330 g/mol. The van der Waals surface area contributed by atoms with Crippen molar-refractivity contribution in [3.8, 4) is 5.69 Å². The molecule has 0 atom stereocenters. The molecule has 0 radical (unpaired) electrons. The summed E-state index contributed by atoms with van der Waals surface area (Å²) in [7, 11) is 0. The number of rotatable bonds is 4. The molecule has 0 aliphatic heterocycles. The van der Waals surface area contributed by atoms with Gasteiger partial charge in [-0.2, -0.15) is 4.68 Å². The maximum atomic E-state index is 4.01. The molecule has 0 saturated carbocycles. The molecule has 0 spiro atoms. The normalized spacial score (nSPS) is 10.9. The SMILES string of the molecule is Brc1ccc(NC=Cc2nnnn2-c2ccccc2)cc1. The Hall–Kier alpha value is -2.47. The summed E-state index contributed by atoms with van der Waals surface area (Å²) in [4.78, 5) is 0. The van der Waals surface area contributed by atoms with E-state index >= 15 is 0 Å². The molecule has 0 fully saturated rings. The van der Waals surface area contributed by atoms with Crippen LogP contribution in [0.15, 0.2) is 65.3 Å². The van der Waals surface area contributed by atoms with Gasteiger partial charge in [-0.1, -0.05) is 34.1 Å². The number of halogens is 1. The van der Waals surface area contributed by atoms with Crippen molar-refractivity contribution in [1.29, 1.82) is 0 Å². The lowest BCUT2D eigenvalue weighted by molar-refractivity contribution is 0.787. The van der Waals surface area contributed by atoms with Gasteiger partial charge in [-0.15, -0.1) is 5.10 Å². The highest BCUT2D eigenvalue weighted by molar-refractivity contribution is 9.10. The number of hydrogen-bond donors (Lipinski definition) is 1. The van der Waals surface area contributed by atoms with Crippen LogP contribution >= 0.6 is 15.9 Å². The van der Waals surface area contributed by atoms with Gasteiger partial charge in [0.1, 0.15) is 0 Å². The van der Waals surface area contributed by atoms with Gasteiger partial charge in [0.25, 0.3) is 0 Å². The second-order valence-corrected chi connectivity index (χ2v) is 5.18. The van der Waals surface area contributed by atoms with Crippen LogP contribution in [0.1, 0.15) is 5.82 Å². The number of nitrogens with zero attached hydrogens (tertiary/aromatic N) is 4. The number of tetrazole rings is 1. The lowest BCUT2D eigenvalue weighted by atomic mass is 10.3. The van der Waals surface area contributed by atoms with E-state index in [2.05, 4.69) is 36.8 Å². The number of aromatic nitrogens is 4. The molecule has 0 bridgehead atoms. The van der Waals surface area contributed by atoms with Gasteiger partial charge < -0.3 is 5.32 Å². The Morgan fingerprint density at radius 3 is 2.52 bits per heavy atom. The van der Waals surface area contributed by atoms with Gasteiger partial charge in [0.15, 0.2) is 5.82 Å². The van der Waals surface area contributed by atoms with E-state index in [1.54, 1.807) is 4.68 Å². The summed E-state index contributed by atoms with van der Waals surface area (Å²) in [6, 6.07) is 17.7. The van der Waals surface area contributed by atoms with Gasteiger partial charge in [0.2, 0.25) is 0 Å². The van der Waals surface area contributed by atoms with Crippen molar-refractivity contribution in [2.24, 2.45) is 0 Å². The molecule has 104 valence electrons. The molecule has 21 heavy (non-hydrogen) atoms. The second-order valence-electron chi connectivity index (χ2n) is 4.27. The van der Waals surface area contributed by atoms with Crippen molar-refractivity contribution >= 4 is 27.7 Å². The molecule has 0 unspecified atom stereocenters. The molecule has 1 N–H and O–H groups in total. The fraction of sp³-hybridized carbons (Fsp3) is 0. The van der Waals surface area contributed by atoms with E-state index < -0.39 is 0 Å². The van der Waals surface area contributed by atoms with Gasteiger partial charge in [-0.05, 0) is 46.8 Å². The predicted molar refractivity (Wildman–Crippen MR) is 86.0 cm³/mol. The minimum absolute atomic E-state index is 0.658. The summed E-state index contributed by atoms with van der Waals surface area (Å²) in [6.07, 6.45) is 3.64. The van der Waals surface area contributed by atoms with E-state index in [1.807, 2.05) is 66.9 Å². The van der Waals surface area contributed by atoms with Crippen LogP contribution < -0.4 is 5.32 Å². The molecule has 6 heteroatoms. The summed E-state index contributed by atoms with van der Waals surface area (Å²) in [6.45, 7) is 0. The zero-order chi connectivity index (χ0) is 14.5. The quantitative estimate of drug-likeness (QED) is 0.788. The molecule has 1 aromatic heterocycles. The average molecular weight is 342 g/mol. The van der Waals surface area contributed by atoms with Gasteiger partial charge in [0.05, 0.1) is 5.69 Å². The third-order valence-electron chi connectivity index (χ3n) is 2.82. The highest BCUT2D eigenvalue weighted by Gasteiger charge is 2.03. The molecule has 0 aliphatic rings. The summed E-state index contributed by atoms with van der Waals surface area (Å²) < 4.78 is 2.73. The van der Waals surface area contributed by atoms with E-state index in [-0.39, 0.29) is 0 Å². The molecular formula is C15H12BrN5. The van der Waals surface area contributed by atoms with Gasteiger partial charge >= 0.3 is 0 Å². The molecule has 0 aliphatic carbocycles. The molecule has 0 saturated heterocycles. The van der Waals surface area contributed by atoms with Crippen LogP contribution in [0.4, 0.5) is 5.69 Å². The van der Waals surface area contributed by atoms with E-state index in [1.165, 1.54) is 0 Å². The van der Waals surface area contributed by atoms with Gasteiger partial charge in [-0.3, -0.25) is 0 Å². The second kappa shape index (κ2) is 6.32. The number of hydrogen-bond acceptors (Lipinski definition) is 4. The van der Waals surface area contributed by atoms with Crippen LogP contribution in [0.5, 0.6) is 0 Å². The van der Waals surface area contributed by atoms with E-state index in [0.29, 0.717) is 5.82 Å². The number of benzene rings is 2. The van der Waals surface area contributed by atoms with Crippen LogP contribution in [0.2, 0.25) is 0 Å². The molecule has 5 nitrogen and oxygen atoms in total. The number of nitrogens with one attached hydrogen (secondary N) is 1. The van der Waals surface area contributed by atoms with E-state index in [9.17, 15) is 0 Å². The van der Waals surface area contributed by atoms with Gasteiger partial charge in [0, 0.05) is 22.4 Å². The van der Waals surface area contributed by atoms with Crippen LogP contribution in [-0.2, 0) is 0 Å². The molecule has 3 aromatic rings. The maximum absolute atomic E-state index is 4.01. The Morgan fingerprint density at radius 1 is 1.00 bits per heavy atom. The predicted octanol–water partition coefficient (Wildman–Crippen LogP) is 3.51. The van der Waals surface area contributed by atoms with Crippen LogP contribution in [0.25, 0.3) is 11.8 Å². The Kier molecular flexibility index (Phi) is 4.07. The van der Waals surface area contributed by atoms with Crippen molar-refractivity contribution < 1.29 is 0 Å². The van der Waals surface area contributed by atoms with Crippen LogP contribution in [0, 0.1) is 0 Å². The summed E-state index contributed by atoms with van der Waals surface area (Å²) >= 11 is 3.40. The summed E-state index contributed by atoms with van der Waals surface area (Å²) in [5, 5.41) is 14.9. The molecule has 1 heterocycles. The van der Waals surface area contributed by atoms with Crippen molar-refractivity contribution in [3.05, 3.63) is 71.1 Å². The highest BCUT2D eigenvalue weighted by atomic mass is 79.9. The molecule has 3 rings (SSSR count). The minimum atomic E-state index is 0.658. The van der Waals surface area contributed by atoms with Crippen LogP contribution in [-0.4, -0.2) is 20.2 Å². The first kappa shape index (κ1) is 13.5. The first-order valence-electron chi connectivity index (χ1n) is 6.35. The lowest BCUT2D eigenvalue weighted by Gasteiger charge is -2.02. The van der Waals surface area contributed by atoms with Crippen molar-refractivity contribution in [3.63, 3.8) is 0 Å². The first-order chi connectivity index (χ1) is 10.3. The smallest absolute Gasteiger partial charge is 0.181 e. The fourth-order valence-corrected chi connectivity index (χ4v) is 2.07.